The van der Waals surface area contributed by atoms with Crippen LogP contribution < -0.4 is 15.8 Å². The van der Waals surface area contributed by atoms with E-state index in [1.54, 1.807) is 32.4 Å². The van der Waals surface area contributed by atoms with Crippen molar-refractivity contribution in [2.75, 3.05) is 20.7 Å². The van der Waals surface area contributed by atoms with Crippen molar-refractivity contribution in [2.24, 2.45) is 5.73 Å². The number of carbonyl (C=O) groups is 2. The fourth-order valence-corrected chi connectivity index (χ4v) is 3.83. The molecule has 0 heterocycles. The molecule has 3 aromatic carbocycles. The molecular formula is C27H31N3O4. The third-order valence-electron chi connectivity index (χ3n) is 5.76. The van der Waals surface area contributed by atoms with E-state index in [2.05, 4.69) is 5.32 Å². The van der Waals surface area contributed by atoms with Crippen LogP contribution in [0, 0.1) is 0 Å². The first-order valence-electron chi connectivity index (χ1n) is 11.1. The van der Waals surface area contributed by atoms with Crippen molar-refractivity contribution in [3.63, 3.8) is 0 Å². The summed E-state index contributed by atoms with van der Waals surface area (Å²) in [5.74, 6) is -0.124. The number of ether oxygens (including phenoxy) is 1. The summed E-state index contributed by atoms with van der Waals surface area (Å²) in [5.41, 5.74) is 8.01. The smallest absolute Gasteiger partial charge is 0.253 e. The third-order valence-corrected chi connectivity index (χ3v) is 5.76. The fraction of sp³-hybridized carbons (Fsp3) is 0.259. The zero-order valence-corrected chi connectivity index (χ0v) is 19.5. The molecule has 34 heavy (non-hydrogen) atoms. The number of rotatable bonds is 11. The van der Waals surface area contributed by atoms with Gasteiger partial charge in [0.05, 0.1) is 19.3 Å². The molecule has 178 valence electrons. The van der Waals surface area contributed by atoms with Crippen molar-refractivity contribution >= 4 is 11.8 Å². The Morgan fingerprint density at radius 2 is 1.65 bits per heavy atom. The molecule has 7 nitrogen and oxygen atoms in total. The first kappa shape index (κ1) is 25.0. The Morgan fingerprint density at radius 1 is 0.971 bits per heavy atom. The number of carbonyl (C=O) groups excluding carboxylic acids is 2. The van der Waals surface area contributed by atoms with Crippen LogP contribution in [0.5, 0.6) is 5.75 Å². The summed E-state index contributed by atoms with van der Waals surface area (Å²) in [7, 11) is 3.29. The third kappa shape index (κ3) is 6.66. The molecule has 3 rings (SSSR count). The Morgan fingerprint density at radius 3 is 2.35 bits per heavy atom. The zero-order chi connectivity index (χ0) is 24.5. The molecule has 3 aromatic rings. The quantitative estimate of drug-likeness (QED) is 0.407. The van der Waals surface area contributed by atoms with Crippen molar-refractivity contribution in [1.82, 2.24) is 10.2 Å². The second-order valence-corrected chi connectivity index (χ2v) is 8.17. The summed E-state index contributed by atoms with van der Waals surface area (Å²) < 4.78 is 5.26. The lowest BCUT2D eigenvalue weighted by Crippen LogP contribution is -2.49. The Hall–Kier alpha value is -3.68. The molecule has 0 aliphatic heterocycles. The monoisotopic (exact) mass is 461 g/mol. The van der Waals surface area contributed by atoms with Crippen molar-refractivity contribution in [1.29, 1.82) is 0 Å². The van der Waals surface area contributed by atoms with E-state index in [0.717, 1.165) is 16.9 Å². The van der Waals surface area contributed by atoms with Gasteiger partial charge in [-0.25, -0.2) is 0 Å². The van der Waals surface area contributed by atoms with Gasteiger partial charge in [0.15, 0.2) is 0 Å². The van der Waals surface area contributed by atoms with E-state index in [9.17, 15) is 14.7 Å². The Labute approximate surface area is 200 Å². The summed E-state index contributed by atoms with van der Waals surface area (Å²) in [5, 5.41) is 14.4. The topological polar surface area (TPSA) is 105 Å². The van der Waals surface area contributed by atoms with Crippen molar-refractivity contribution < 1.29 is 19.4 Å². The van der Waals surface area contributed by atoms with Gasteiger partial charge < -0.3 is 25.8 Å². The molecular weight excluding hydrogens is 430 g/mol. The Balaban J connectivity index is 1.74. The van der Waals surface area contributed by atoms with Gasteiger partial charge in [-0.15, -0.1) is 0 Å². The van der Waals surface area contributed by atoms with Crippen LogP contribution >= 0.6 is 0 Å². The van der Waals surface area contributed by atoms with Gasteiger partial charge in [0, 0.05) is 31.3 Å². The van der Waals surface area contributed by atoms with Crippen LogP contribution in [0.25, 0.3) is 0 Å². The maximum Gasteiger partial charge on any atom is 0.253 e. The SMILES string of the molecule is COc1cccc(CNC[C@@H](O)[C@H](Cc2ccccc2)N(C)C(=O)c2cccc(C(N)=O)c2)c1. The minimum atomic E-state index is -0.834. The average Bonchev–Trinajstić information content (AvgIpc) is 2.87. The maximum absolute atomic E-state index is 13.2. The van der Waals surface area contributed by atoms with Crippen molar-refractivity contribution in [3.8, 4) is 5.75 Å². The number of nitrogens with two attached hydrogens (primary N) is 1. The first-order valence-corrected chi connectivity index (χ1v) is 11.1. The molecule has 0 spiro atoms. The Bertz CT molecular complexity index is 1100. The molecule has 0 bridgehead atoms. The number of aliphatic hydroxyl groups excluding tert-OH is 1. The summed E-state index contributed by atoms with van der Waals surface area (Å²) in [6, 6.07) is 23.2. The van der Waals surface area contributed by atoms with Crippen LogP contribution in [0.4, 0.5) is 0 Å². The number of methoxy groups -OCH3 is 1. The number of nitrogens with one attached hydrogen (secondary N) is 1. The van der Waals surface area contributed by atoms with Gasteiger partial charge in [-0.1, -0.05) is 48.5 Å². The first-order chi connectivity index (χ1) is 16.4. The van der Waals surface area contributed by atoms with E-state index in [1.807, 2.05) is 54.6 Å². The van der Waals surface area contributed by atoms with Gasteiger partial charge >= 0.3 is 0 Å². The summed E-state index contributed by atoms with van der Waals surface area (Å²) in [6.45, 7) is 0.832. The largest absolute Gasteiger partial charge is 0.497 e. The van der Waals surface area contributed by atoms with Gasteiger partial charge in [-0.05, 0) is 47.9 Å². The van der Waals surface area contributed by atoms with E-state index in [-0.39, 0.29) is 18.0 Å². The van der Waals surface area contributed by atoms with Crippen LogP contribution in [-0.4, -0.2) is 54.7 Å². The van der Waals surface area contributed by atoms with E-state index in [0.29, 0.717) is 18.5 Å². The standard InChI is InChI=1S/C27H31N3O4/c1-30(27(33)22-12-7-11-21(16-22)26(28)32)24(15-19-8-4-3-5-9-19)25(31)18-29-17-20-10-6-13-23(14-20)34-2/h3-14,16,24-25,29,31H,15,17-18H2,1-2H3,(H2,28,32)/t24-,25+/m0/s1. The van der Waals surface area contributed by atoms with Crippen LogP contribution in [0.2, 0.25) is 0 Å². The van der Waals surface area contributed by atoms with E-state index in [4.69, 9.17) is 10.5 Å². The Kier molecular flexibility index (Phi) is 8.79. The number of likely N-dealkylation sites (N-methyl/N-ethyl adjacent to an activating group) is 1. The van der Waals surface area contributed by atoms with Crippen molar-refractivity contribution in [3.05, 3.63) is 101 Å². The molecule has 7 heteroatoms. The number of benzene rings is 3. The second-order valence-electron chi connectivity index (χ2n) is 8.17. The summed E-state index contributed by atoms with van der Waals surface area (Å²) >= 11 is 0. The number of hydrogen-bond acceptors (Lipinski definition) is 5. The molecule has 2 atom stereocenters. The highest BCUT2D eigenvalue weighted by atomic mass is 16.5. The van der Waals surface area contributed by atoms with E-state index < -0.39 is 18.1 Å². The average molecular weight is 462 g/mol. The second kappa shape index (κ2) is 12.0. The number of nitrogens with zero attached hydrogens (tertiary/aromatic N) is 1. The predicted molar refractivity (Wildman–Crippen MR) is 132 cm³/mol. The van der Waals surface area contributed by atoms with Gasteiger partial charge in [0.1, 0.15) is 5.75 Å². The number of hydrogen-bond donors (Lipinski definition) is 3. The number of aliphatic hydroxyl groups is 1. The lowest BCUT2D eigenvalue weighted by Gasteiger charge is -2.32. The van der Waals surface area contributed by atoms with E-state index in [1.165, 1.54) is 11.0 Å². The number of primary amides is 1. The van der Waals surface area contributed by atoms with Crippen LogP contribution in [0.15, 0.2) is 78.9 Å². The fourth-order valence-electron chi connectivity index (χ4n) is 3.83. The van der Waals surface area contributed by atoms with Gasteiger partial charge in [0.25, 0.3) is 5.91 Å². The molecule has 0 unspecified atom stereocenters. The number of amides is 2. The lowest BCUT2D eigenvalue weighted by molar-refractivity contribution is 0.0441. The molecule has 0 aromatic heterocycles. The molecule has 0 saturated heterocycles. The van der Waals surface area contributed by atoms with Gasteiger partial charge in [-0.2, -0.15) is 0 Å². The molecule has 0 aliphatic carbocycles. The minimum absolute atomic E-state index is 0.263. The molecule has 0 radical (unpaired) electrons. The normalized spacial score (nSPS) is 12.6. The minimum Gasteiger partial charge on any atom is -0.497 e. The van der Waals surface area contributed by atoms with Crippen molar-refractivity contribution in [2.45, 2.75) is 25.1 Å². The highest BCUT2D eigenvalue weighted by molar-refractivity contribution is 5.99. The molecule has 2 amide bonds. The van der Waals surface area contributed by atoms with Crippen LogP contribution in [0.3, 0.4) is 0 Å². The van der Waals surface area contributed by atoms with E-state index >= 15 is 0 Å². The highest BCUT2D eigenvalue weighted by Gasteiger charge is 2.28. The summed E-state index contributed by atoms with van der Waals surface area (Å²) in [6.07, 6.45) is -0.361. The maximum atomic E-state index is 13.2. The van der Waals surface area contributed by atoms with Crippen LogP contribution in [0.1, 0.15) is 31.8 Å². The molecule has 4 N–H and O–H groups in total. The highest BCUT2D eigenvalue weighted by Crippen LogP contribution is 2.17. The molecule has 0 saturated carbocycles. The van der Waals surface area contributed by atoms with Crippen LogP contribution in [-0.2, 0) is 13.0 Å². The molecule has 0 fully saturated rings. The van der Waals surface area contributed by atoms with Gasteiger partial charge in [0.2, 0.25) is 5.91 Å². The van der Waals surface area contributed by atoms with Gasteiger partial charge in [-0.3, -0.25) is 9.59 Å². The zero-order valence-electron chi connectivity index (χ0n) is 19.5. The molecule has 0 aliphatic rings. The predicted octanol–water partition coefficient (Wildman–Crippen LogP) is 2.63. The lowest BCUT2D eigenvalue weighted by atomic mass is 9.98. The summed E-state index contributed by atoms with van der Waals surface area (Å²) in [4.78, 5) is 26.3.